The van der Waals surface area contributed by atoms with Gasteiger partial charge in [0.2, 0.25) is 0 Å². The van der Waals surface area contributed by atoms with Crippen LogP contribution in [0, 0.1) is 0 Å². The number of para-hydroxylation sites is 4. The fraction of sp³-hybridized carbons (Fsp3) is 0.0189. The van der Waals surface area contributed by atoms with Crippen LogP contribution in [0.25, 0.3) is 33.0 Å². The van der Waals surface area contributed by atoms with Gasteiger partial charge in [-0.25, -0.2) is 0 Å². The molecule has 2 nitrogen and oxygen atoms in total. The van der Waals surface area contributed by atoms with Crippen LogP contribution in [0.3, 0.4) is 0 Å². The molecule has 2 heteroatoms. The van der Waals surface area contributed by atoms with Gasteiger partial charge in [-0.05, 0) is 99.4 Å². The summed E-state index contributed by atoms with van der Waals surface area (Å²) in [4.78, 5) is 4.93. The number of benzene rings is 9. The number of nitrogens with zero attached hydrogens (tertiary/aromatic N) is 2. The Morgan fingerprint density at radius 3 is 1.38 bits per heavy atom. The summed E-state index contributed by atoms with van der Waals surface area (Å²) in [5, 5.41) is 2.44. The minimum atomic E-state index is -0.603. The van der Waals surface area contributed by atoms with Gasteiger partial charge in [-0.1, -0.05) is 158 Å². The summed E-state index contributed by atoms with van der Waals surface area (Å²) in [5.74, 6) is 0. The molecule has 0 aromatic heterocycles. The van der Waals surface area contributed by atoms with Gasteiger partial charge in [-0.2, -0.15) is 0 Å². The van der Waals surface area contributed by atoms with Gasteiger partial charge in [-0.15, -0.1) is 0 Å². The van der Waals surface area contributed by atoms with E-state index in [4.69, 9.17) is 0 Å². The lowest BCUT2D eigenvalue weighted by Crippen LogP contribution is -2.28. The molecule has 1 atom stereocenters. The fourth-order valence-electron chi connectivity index (χ4n) is 9.53. The molecule has 0 heterocycles. The van der Waals surface area contributed by atoms with E-state index in [2.05, 4.69) is 228 Å². The fourth-order valence-corrected chi connectivity index (χ4v) is 9.53. The molecule has 0 N–H and O–H groups in total. The molecule has 0 amide bonds. The molecule has 9 aromatic rings. The number of anilines is 6. The van der Waals surface area contributed by atoms with Crippen LogP contribution in [-0.2, 0) is 5.41 Å². The monoisotopic (exact) mass is 700 g/mol. The van der Waals surface area contributed by atoms with E-state index in [1.807, 2.05) is 0 Å². The molecule has 11 rings (SSSR count). The Labute approximate surface area is 321 Å². The van der Waals surface area contributed by atoms with Crippen molar-refractivity contribution in [3.63, 3.8) is 0 Å². The average Bonchev–Trinajstić information content (AvgIpc) is 3.73. The van der Waals surface area contributed by atoms with Crippen LogP contribution in [0.1, 0.15) is 22.3 Å². The molecule has 1 unspecified atom stereocenters. The van der Waals surface area contributed by atoms with Crippen molar-refractivity contribution in [2.45, 2.75) is 5.41 Å². The maximum atomic E-state index is 2.50. The van der Waals surface area contributed by atoms with Crippen molar-refractivity contribution in [2.24, 2.45) is 0 Å². The number of rotatable bonds is 6. The Bertz CT molecular complexity index is 2790. The van der Waals surface area contributed by atoms with Crippen molar-refractivity contribution >= 4 is 44.9 Å². The van der Waals surface area contributed by atoms with E-state index in [9.17, 15) is 0 Å². The van der Waals surface area contributed by atoms with Crippen LogP contribution in [0.2, 0.25) is 0 Å². The summed E-state index contributed by atoms with van der Waals surface area (Å²) < 4.78 is 0. The second-order valence-corrected chi connectivity index (χ2v) is 14.4. The highest BCUT2D eigenvalue weighted by molar-refractivity contribution is 6.11. The third-order valence-electron chi connectivity index (χ3n) is 11.6. The Balaban J connectivity index is 1.32. The molecule has 0 saturated carbocycles. The van der Waals surface area contributed by atoms with E-state index >= 15 is 0 Å². The largest absolute Gasteiger partial charge is 0.310 e. The van der Waals surface area contributed by atoms with Gasteiger partial charge in [0.15, 0.2) is 0 Å². The van der Waals surface area contributed by atoms with Crippen LogP contribution in [0.4, 0.5) is 34.1 Å². The summed E-state index contributed by atoms with van der Waals surface area (Å²) in [6.07, 6.45) is 0. The van der Waals surface area contributed by atoms with Crippen molar-refractivity contribution in [3.8, 4) is 22.3 Å². The van der Waals surface area contributed by atoms with E-state index in [1.54, 1.807) is 0 Å². The normalized spacial score (nSPS) is 14.6. The van der Waals surface area contributed by atoms with Gasteiger partial charge in [-0.3, -0.25) is 0 Å². The van der Waals surface area contributed by atoms with E-state index in [1.165, 1.54) is 61.0 Å². The van der Waals surface area contributed by atoms with E-state index in [0.29, 0.717) is 0 Å². The van der Waals surface area contributed by atoms with E-state index in [0.717, 1.165) is 28.4 Å². The number of hydrogen-bond donors (Lipinski definition) is 0. The van der Waals surface area contributed by atoms with Gasteiger partial charge < -0.3 is 9.80 Å². The van der Waals surface area contributed by atoms with Crippen molar-refractivity contribution in [1.29, 1.82) is 0 Å². The summed E-state index contributed by atoms with van der Waals surface area (Å²) in [5.41, 5.74) is 16.6. The molecule has 0 radical (unpaired) electrons. The first kappa shape index (κ1) is 31.4. The van der Waals surface area contributed by atoms with Crippen molar-refractivity contribution in [2.75, 3.05) is 9.80 Å². The summed E-state index contributed by atoms with van der Waals surface area (Å²) in [7, 11) is 0. The second kappa shape index (κ2) is 12.5. The first-order valence-corrected chi connectivity index (χ1v) is 19.0. The van der Waals surface area contributed by atoms with Crippen molar-refractivity contribution < 1.29 is 0 Å². The van der Waals surface area contributed by atoms with E-state index < -0.39 is 5.41 Å². The predicted molar refractivity (Wildman–Crippen MR) is 230 cm³/mol. The lowest BCUT2D eigenvalue weighted by atomic mass is 9.69. The highest BCUT2D eigenvalue weighted by Crippen LogP contribution is 2.67. The van der Waals surface area contributed by atoms with Crippen LogP contribution < -0.4 is 9.80 Å². The van der Waals surface area contributed by atoms with Crippen LogP contribution >= 0.6 is 0 Å². The number of hydrogen-bond acceptors (Lipinski definition) is 2. The summed E-state index contributed by atoms with van der Waals surface area (Å²) in [6, 6.07) is 80.0. The zero-order valence-corrected chi connectivity index (χ0v) is 30.2. The predicted octanol–water partition coefficient (Wildman–Crippen LogP) is 14.1. The minimum absolute atomic E-state index is 0.603. The molecule has 2 aliphatic carbocycles. The van der Waals surface area contributed by atoms with Gasteiger partial charge in [0.05, 0.1) is 16.8 Å². The van der Waals surface area contributed by atoms with Gasteiger partial charge in [0.1, 0.15) is 0 Å². The van der Waals surface area contributed by atoms with Crippen molar-refractivity contribution in [3.05, 3.63) is 241 Å². The van der Waals surface area contributed by atoms with Gasteiger partial charge in [0.25, 0.3) is 0 Å². The standard InChI is InChI=1S/C53H36N2/c1-5-21-38(22-6-1)54(39-23-7-2-8-24-39)49-35-19-34-48-50(49)44-31-16-18-33-47(44)53(48)46-32-17-15-30-43(46)45-36-37-20-13-14-29-42(37)52(51(45)53)55(40-25-9-3-10-26-40)41-27-11-4-12-28-41/h1-36H. The average molecular weight is 701 g/mol. The maximum absolute atomic E-state index is 2.50. The quantitative estimate of drug-likeness (QED) is 0.170. The molecule has 258 valence electrons. The highest BCUT2D eigenvalue weighted by atomic mass is 15.2. The Kier molecular flexibility index (Phi) is 7.11. The molecular formula is C53H36N2. The smallest absolute Gasteiger partial charge is 0.0747 e. The van der Waals surface area contributed by atoms with Gasteiger partial charge in [0, 0.05) is 39.3 Å². The molecule has 55 heavy (non-hydrogen) atoms. The Morgan fingerprint density at radius 2 is 0.782 bits per heavy atom. The highest BCUT2D eigenvalue weighted by Gasteiger charge is 2.54. The molecule has 9 aromatic carbocycles. The topological polar surface area (TPSA) is 6.48 Å². The maximum Gasteiger partial charge on any atom is 0.0747 e. The molecule has 0 saturated heterocycles. The lowest BCUT2D eigenvalue weighted by molar-refractivity contribution is 0.794. The second-order valence-electron chi connectivity index (χ2n) is 14.4. The van der Waals surface area contributed by atoms with E-state index in [-0.39, 0.29) is 0 Å². The SMILES string of the molecule is c1ccc(N(c2ccccc2)c2cccc3c2-c2ccccc2C32c3ccccc3-c3cc4ccccc4c(N(c4ccccc4)c4ccccc4)c32)cc1. The first-order valence-electron chi connectivity index (χ1n) is 19.0. The zero-order chi connectivity index (χ0) is 36.3. The summed E-state index contributed by atoms with van der Waals surface area (Å²) in [6.45, 7) is 0. The number of fused-ring (bicyclic) bond motifs is 11. The van der Waals surface area contributed by atoms with Gasteiger partial charge >= 0.3 is 0 Å². The lowest BCUT2D eigenvalue weighted by Gasteiger charge is -2.37. The van der Waals surface area contributed by atoms with Crippen molar-refractivity contribution in [1.82, 2.24) is 0 Å². The first-order chi connectivity index (χ1) is 27.3. The molecule has 0 bridgehead atoms. The van der Waals surface area contributed by atoms with Crippen LogP contribution in [0.15, 0.2) is 218 Å². The molecule has 1 spiro atoms. The minimum Gasteiger partial charge on any atom is -0.310 e. The molecular weight excluding hydrogens is 665 g/mol. The molecule has 0 aliphatic heterocycles. The molecule has 2 aliphatic rings. The molecule has 0 fully saturated rings. The van der Waals surface area contributed by atoms with Crippen LogP contribution in [-0.4, -0.2) is 0 Å². The third-order valence-corrected chi connectivity index (χ3v) is 11.6. The Hall–Kier alpha value is -7.16. The van der Waals surface area contributed by atoms with Crippen LogP contribution in [0.5, 0.6) is 0 Å². The summed E-state index contributed by atoms with van der Waals surface area (Å²) >= 11 is 0. The zero-order valence-electron chi connectivity index (χ0n) is 30.2. The third kappa shape index (κ3) is 4.55. The Morgan fingerprint density at radius 1 is 0.327 bits per heavy atom.